The van der Waals surface area contributed by atoms with Crippen molar-refractivity contribution >= 4 is 11.1 Å². The molecule has 0 fully saturated rings. The molecule has 0 aliphatic heterocycles. The molecule has 2 aromatic carbocycles. The number of rotatable bonds is 6. The smallest absolute Gasteiger partial charge is 0.101 e. The van der Waals surface area contributed by atoms with Gasteiger partial charge in [-0.25, -0.2) is 0 Å². The van der Waals surface area contributed by atoms with Gasteiger partial charge in [0.05, 0.1) is 5.57 Å². The zero-order valence-electron chi connectivity index (χ0n) is 25.0. The van der Waals surface area contributed by atoms with Gasteiger partial charge in [0.2, 0.25) is 0 Å². The Labute approximate surface area is 255 Å². The van der Waals surface area contributed by atoms with Crippen LogP contribution in [-0.4, -0.2) is 4.90 Å². The molecule has 0 bridgehead atoms. The minimum absolute atomic E-state index is 0.306. The first-order chi connectivity index (χ1) is 21.2. The fraction of sp³-hybridized carbons (Fsp3) is 0.244. The average molecular weight is 559 g/mol. The molecule has 2 atom stereocenters. The Morgan fingerprint density at radius 3 is 2.51 bits per heavy atom. The largest absolute Gasteiger partial charge is 0.340 e. The Bertz CT molecular complexity index is 1860. The van der Waals surface area contributed by atoms with Gasteiger partial charge >= 0.3 is 0 Å². The third-order valence-corrected chi connectivity index (χ3v) is 9.47. The Kier molecular flexibility index (Phi) is 7.56. The summed E-state index contributed by atoms with van der Waals surface area (Å²) in [6.45, 7) is 2.98. The molecule has 0 amide bonds. The maximum absolute atomic E-state index is 9.98. The minimum Gasteiger partial charge on any atom is -0.340 e. The summed E-state index contributed by atoms with van der Waals surface area (Å²) < 4.78 is 0. The SMILES string of the molecule is Cc1ccc2c(c1)=C(C1C=CC(N(Cc3ccccc3)C3=C(C#N)C=CCC3)=CC1)C1=CC=CCC1C=2C1=CC=CCC1. The number of hydrogen-bond donors (Lipinski definition) is 0. The van der Waals surface area contributed by atoms with Gasteiger partial charge < -0.3 is 4.90 Å². The first-order valence-corrected chi connectivity index (χ1v) is 15.8. The van der Waals surface area contributed by atoms with Crippen molar-refractivity contribution in [2.45, 2.75) is 52.0 Å². The van der Waals surface area contributed by atoms with Crippen LogP contribution in [0.1, 0.15) is 49.7 Å². The van der Waals surface area contributed by atoms with E-state index in [0.29, 0.717) is 11.8 Å². The standard InChI is InChI=1S/C41H38N2/c1-29-20-25-37-38(26-29)41(36-18-10-9-17-35(36)40(37)31-14-6-3-7-15-31)32-21-23-34(24-22-32)43(28-30-12-4-2-5-13-30)39-19-11-8-16-33(39)27-42/h2-6,8-10,12-14,16,18,20-21,23-26,32,35H,7,11,15,17,19,22,28H2,1H3. The molecule has 0 spiro atoms. The van der Waals surface area contributed by atoms with E-state index in [1.54, 1.807) is 0 Å². The summed E-state index contributed by atoms with van der Waals surface area (Å²) >= 11 is 0. The van der Waals surface area contributed by atoms with Gasteiger partial charge in [0.25, 0.3) is 0 Å². The zero-order chi connectivity index (χ0) is 29.2. The number of fused-ring (bicyclic) bond motifs is 2. The third-order valence-electron chi connectivity index (χ3n) is 9.47. The van der Waals surface area contributed by atoms with Crippen molar-refractivity contribution < 1.29 is 0 Å². The lowest BCUT2D eigenvalue weighted by Gasteiger charge is -2.36. The first-order valence-electron chi connectivity index (χ1n) is 15.8. The highest BCUT2D eigenvalue weighted by molar-refractivity contribution is 5.83. The highest BCUT2D eigenvalue weighted by Gasteiger charge is 2.32. The van der Waals surface area contributed by atoms with Crippen LogP contribution in [0.2, 0.25) is 0 Å². The zero-order valence-corrected chi connectivity index (χ0v) is 25.0. The number of allylic oxidation sites excluding steroid dienone is 15. The molecule has 7 rings (SSSR count). The van der Waals surface area contributed by atoms with Gasteiger partial charge in [-0.3, -0.25) is 0 Å². The van der Waals surface area contributed by atoms with Crippen LogP contribution in [0.25, 0.3) is 11.1 Å². The van der Waals surface area contributed by atoms with Crippen LogP contribution in [0.3, 0.4) is 0 Å². The van der Waals surface area contributed by atoms with Crippen molar-refractivity contribution in [1.29, 1.82) is 5.26 Å². The summed E-state index contributed by atoms with van der Waals surface area (Å²) in [6, 6.07) is 20.2. The lowest BCUT2D eigenvalue weighted by Crippen LogP contribution is -2.40. The highest BCUT2D eigenvalue weighted by Crippen LogP contribution is 2.44. The van der Waals surface area contributed by atoms with Gasteiger partial charge in [-0.1, -0.05) is 109 Å². The van der Waals surface area contributed by atoms with Crippen LogP contribution in [0, 0.1) is 30.1 Å². The summed E-state index contributed by atoms with van der Waals surface area (Å²) in [6.07, 6.45) is 31.3. The Balaban J connectivity index is 1.32. The van der Waals surface area contributed by atoms with Gasteiger partial charge in [-0.15, -0.1) is 0 Å². The average Bonchev–Trinajstić information content (AvgIpc) is 3.07. The monoisotopic (exact) mass is 558 g/mol. The molecule has 0 saturated carbocycles. The minimum atomic E-state index is 0.306. The molecular formula is C41H38N2. The van der Waals surface area contributed by atoms with Crippen molar-refractivity contribution in [1.82, 2.24) is 4.90 Å². The second-order valence-corrected chi connectivity index (χ2v) is 12.2. The van der Waals surface area contributed by atoms with Crippen LogP contribution >= 0.6 is 0 Å². The fourth-order valence-corrected chi connectivity index (χ4v) is 7.44. The number of hydrogen-bond acceptors (Lipinski definition) is 2. The summed E-state index contributed by atoms with van der Waals surface area (Å²) in [5, 5.41) is 12.8. The van der Waals surface area contributed by atoms with E-state index in [0.717, 1.165) is 56.3 Å². The summed E-state index contributed by atoms with van der Waals surface area (Å²) in [4.78, 5) is 2.38. The van der Waals surface area contributed by atoms with E-state index < -0.39 is 0 Å². The molecule has 2 heteroatoms. The van der Waals surface area contributed by atoms with Gasteiger partial charge in [0.1, 0.15) is 6.07 Å². The Hall–Kier alpha value is -4.61. The van der Waals surface area contributed by atoms with E-state index in [1.165, 1.54) is 49.6 Å². The van der Waals surface area contributed by atoms with Crippen LogP contribution in [0.4, 0.5) is 0 Å². The normalized spacial score (nSPS) is 22.4. The highest BCUT2D eigenvalue weighted by atomic mass is 15.1. The van der Waals surface area contributed by atoms with Crippen molar-refractivity contribution in [3.8, 4) is 6.07 Å². The maximum Gasteiger partial charge on any atom is 0.101 e. The topological polar surface area (TPSA) is 27.0 Å². The van der Waals surface area contributed by atoms with E-state index in [2.05, 4.69) is 127 Å². The van der Waals surface area contributed by atoms with Gasteiger partial charge in [-0.05, 0) is 95.9 Å². The molecule has 0 saturated heterocycles. The second kappa shape index (κ2) is 11.9. The van der Waals surface area contributed by atoms with E-state index >= 15 is 0 Å². The number of nitrogens with zero attached hydrogens (tertiary/aromatic N) is 2. The van der Waals surface area contributed by atoms with Crippen LogP contribution < -0.4 is 10.4 Å². The van der Waals surface area contributed by atoms with Gasteiger partial charge in [0, 0.05) is 29.8 Å². The van der Waals surface area contributed by atoms with Crippen LogP contribution in [-0.2, 0) is 6.54 Å². The molecule has 2 aromatic rings. The summed E-state index contributed by atoms with van der Waals surface area (Å²) in [5.74, 6) is 0.708. The predicted octanol–water partition coefficient (Wildman–Crippen LogP) is 8.18. The number of benzene rings is 2. The van der Waals surface area contributed by atoms with Crippen molar-refractivity contribution in [3.05, 3.63) is 165 Å². The fourth-order valence-electron chi connectivity index (χ4n) is 7.44. The molecule has 5 aliphatic rings. The van der Waals surface area contributed by atoms with E-state index in [9.17, 15) is 5.26 Å². The van der Waals surface area contributed by atoms with Crippen molar-refractivity contribution in [3.63, 3.8) is 0 Å². The molecule has 2 nitrogen and oxygen atoms in total. The first kappa shape index (κ1) is 27.2. The van der Waals surface area contributed by atoms with Crippen LogP contribution in [0.5, 0.6) is 0 Å². The molecule has 0 heterocycles. The van der Waals surface area contributed by atoms with Crippen molar-refractivity contribution in [2.75, 3.05) is 0 Å². The predicted molar refractivity (Wildman–Crippen MR) is 177 cm³/mol. The lowest BCUT2D eigenvalue weighted by molar-refractivity contribution is 0.407. The van der Waals surface area contributed by atoms with E-state index in [1.807, 2.05) is 6.08 Å². The Morgan fingerprint density at radius 1 is 0.860 bits per heavy atom. The maximum atomic E-state index is 9.98. The summed E-state index contributed by atoms with van der Waals surface area (Å²) in [7, 11) is 0. The molecule has 0 N–H and O–H groups in total. The molecule has 5 aliphatic carbocycles. The van der Waals surface area contributed by atoms with Gasteiger partial charge in [0.15, 0.2) is 0 Å². The third kappa shape index (κ3) is 5.26. The van der Waals surface area contributed by atoms with Crippen molar-refractivity contribution in [2.24, 2.45) is 11.8 Å². The molecule has 43 heavy (non-hydrogen) atoms. The molecule has 0 radical (unpaired) electrons. The summed E-state index contributed by atoms with van der Waals surface area (Å²) in [5.41, 5.74) is 11.7. The number of aryl methyl sites for hydroxylation is 1. The molecule has 2 unspecified atom stereocenters. The second-order valence-electron chi connectivity index (χ2n) is 12.2. The van der Waals surface area contributed by atoms with Gasteiger partial charge in [-0.2, -0.15) is 5.26 Å². The molecule has 0 aromatic heterocycles. The molecule has 212 valence electrons. The number of nitriles is 1. The molecular weight excluding hydrogens is 520 g/mol. The quantitative estimate of drug-likeness (QED) is 0.358. The Morgan fingerprint density at radius 2 is 1.72 bits per heavy atom. The lowest BCUT2D eigenvalue weighted by atomic mass is 9.69. The van der Waals surface area contributed by atoms with E-state index in [4.69, 9.17) is 0 Å². The van der Waals surface area contributed by atoms with Crippen LogP contribution in [0.15, 0.2) is 143 Å². The van der Waals surface area contributed by atoms with E-state index in [-0.39, 0.29) is 0 Å².